The summed E-state index contributed by atoms with van der Waals surface area (Å²) in [6.45, 7) is 2.51. The lowest BCUT2D eigenvalue weighted by Gasteiger charge is -2.11. The Morgan fingerprint density at radius 3 is 2.70 bits per heavy atom. The van der Waals surface area contributed by atoms with Crippen molar-refractivity contribution >= 4 is 5.91 Å². The highest BCUT2D eigenvalue weighted by Gasteiger charge is 2.09. The Labute approximate surface area is 117 Å². The lowest BCUT2D eigenvalue weighted by molar-refractivity contribution is -0.120. The number of amides is 1. The molecule has 106 valence electrons. The number of nitrogens with one attached hydrogen (secondary N) is 2. The van der Waals surface area contributed by atoms with Crippen LogP contribution in [0.5, 0.6) is 0 Å². The number of hydrogen-bond donors (Lipinski definition) is 2. The lowest BCUT2D eigenvalue weighted by Crippen LogP contribution is -2.34. The average molecular weight is 276 g/mol. The molecule has 1 aromatic heterocycles. The van der Waals surface area contributed by atoms with Crippen LogP contribution in [0.1, 0.15) is 24.3 Å². The van der Waals surface area contributed by atoms with Gasteiger partial charge in [-0.15, -0.1) is 0 Å². The van der Waals surface area contributed by atoms with Crippen molar-refractivity contribution in [2.75, 3.05) is 6.54 Å². The summed E-state index contributed by atoms with van der Waals surface area (Å²) < 4.78 is 18.0. The molecule has 20 heavy (non-hydrogen) atoms. The maximum absolute atomic E-state index is 12.7. The van der Waals surface area contributed by atoms with Crippen LogP contribution in [0.4, 0.5) is 4.39 Å². The molecule has 0 unspecified atom stereocenters. The van der Waals surface area contributed by atoms with Crippen LogP contribution in [0, 0.1) is 5.82 Å². The third kappa shape index (κ3) is 4.20. The molecule has 2 rings (SSSR count). The molecule has 0 radical (unpaired) electrons. The fourth-order valence-electron chi connectivity index (χ4n) is 1.75. The van der Waals surface area contributed by atoms with Gasteiger partial charge in [0.15, 0.2) is 0 Å². The van der Waals surface area contributed by atoms with Crippen LogP contribution < -0.4 is 10.6 Å². The minimum atomic E-state index is -0.283. The van der Waals surface area contributed by atoms with E-state index in [0.717, 1.165) is 11.3 Å². The van der Waals surface area contributed by atoms with E-state index in [1.807, 2.05) is 19.1 Å². The highest BCUT2D eigenvalue weighted by atomic mass is 19.1. The summed E-state index contributed by atoms with van der Waals surface area (Å²) >= 11 is 0. The van der Waals surface area contributed by atoms with E-state index >= 15 is 0 Å². The Kier molecular flexibility index (Phi) is 4.90. The van der Waals surface area contributed by atoms with Gasteiger partial charge in [0.05, 0.1) is 18.8 Å². The van der Waals surface area contributed by atoms with Crippen molar-refractivity contribution in [3.05, 3.63) is 59.8 Å². The molecule has 0 spiro atoms. The second-order valence-electron chi connectivity index (χ2n) is 4.52. The molecule has 0 aliphatic rings. The first-order chi connectivity index (χ1) is 9.65. The van der Waals surface area contributed by atoms with Gasteiger partial charge in [0.2, 0.25) is 5.91 Å². The predicted molar refractivity (Wildman–Crippen MR) is 73.4 cm³/mol. The van der Waals surface area contributed by atoms with E-state index < -0.39 is 0 Å². The monoisotopic (exact) mass is 276 g/mol. The molecule has 0 saturated carbocycles. The Morgan fingerprint density at radius 2 is 2.05 bits per heavy atom. The summed E-state index contributed by atoms with van der Waals surface area (Å²) in [6.07, 6.45) is 1.60. The topological polar surface area (TPSA) is 54.3 Å². The minimum absolute atomic E-state index is 0.0263. The average Bonchev–Trinajstić information content (AvgIpc) is 2.98. The van der Waals surface area contributed by atoms with Crippen LogP contribution in [0.25, 0.3) is 0 Å². The van der Waals surface area contributed by atoms with Gasteiger partial charge in [-0.2, -0.15) is 0 Å². The van der Waals surface area contributed by atoms with Gasteiger partial charge < -0.3 is 9.73 Å². The number of carbonyl (C=O) groups excluding carboxylic acids is 1. The molecule has 1 atom stereocenters. The number of rotatable bonds is 6. The highest BCUT2D eigenvalue weighted by molar-refractivity contribution is 5.78. The van der Waals surface area contributed by atoms with Crippen molar-refractivity contribution in [1.82, 2.24) is 10.6 Å². The fraction of sp³-hybridized carbons (Fsp3) is 0.267. The molecular weight excluding hydrogens is 259 g/mol. The second-order valence-corrected chi connectivity index (χ2v) is 4.52. The molecule has 0 aliphatic carbocycles. The van der Waals surface area contributed by atoms with E-state index in [1.165, 1.54) is 12.1 Å². The number of furan rings is 1. The van der Waals surface area contributed by atoms with Gasteiger partial charge in [-0.3, -0.25) is 10.1 Å². The number of halogens is 1. The molecular formula is C15H17FN2O2. The van der Waals surface area contributed by atoms with E-state index in [2.05, 4.69) is 10.6 Å². The van der Waals surface area contributed by atoms with Gasteiger partial charge in [0, 0.05) is 6.54 Å². The van der Waals surface area contributed by atoms with E-state index in [-0.39, 0.29) is 24.3 Å². The smallest absolute Gasteiger partial charge is 0.234 e. The molecule has 0 saturated heterocycles. The van der Waals surface area contributed by atoms with Gasteiger partial charge in [-0.1, -0.05) is 12.1 Å². The van der Waals surface area contributed by atoms with Crippen molar-refractivity contribution in [2.24, 2.45) is 0 Å². The molecule has 1 aromatic carbocycles. The molecule has 2 aromatic rings. The summed E-state index contributed by atoms with van der Waals surface area (Å²) in [5.74, 6) is 0.387. The first-order valence-electron chi connectivity index (χ1n) is 6.43. The quantitative estimate of drug-likeness (QED) is 0.851. The van der Waals surface area contributed by atoms with Crippen molar-refractivity contribution in [3.63, 3.8) is 0 Å². The van der Waals surface area contributed by atoms with Crippen LogP contribution in [-0.2, 0) is 11.3 Å². The molecule has 1 amide bonds. The van der Waals surface area contributed by atoms with Crippen LogP contribution in [0.3, 0.4) is 0 Å². The van der Waals surface area contributed by atoms with Crippen LogP contribution in [-0.4, -0.2) is 12.5 Å². The van der Waals surface area contributed by atoms with Gasteiger partial charge in [0.1, 0.15) is 11.6 Å². The lowest BCUT2D eigenvalue weighted by atomic mass is 10.2. The predicted octanol–water partition coefficient (Wildman–Crippen LogP) is 2.39. The fourth-order valence-corrected chi connectivity index (χ4v) is 1.75. The Bertz CT molecular complexity index is 538. The maximum atomic E-state index is 12.7. The number of hydrogen-bond acceptors (Lipinski definition) is 3. The summed E-state index contributed by atoms with van der Waals surface area (Å²) in [6, 6.07) is 9.68. The molecule has 1 heterocycles. The third-order valence-corrected chi connectivity index (χ3v) is 2.94. The Morgan fingerprint density at radius 1 is 1.30 bits per heavy atom. The van der Waals surface area contributed by atoms with Crippen molar-refractivity contribution in [2.45, 2.75) is 19.5 Å². The maximum Gasteiger partial charge on any atom is 0.234 e. The summed E-state index contributed by atoms with van der Waals surface area (Å²) in [4.78, 5) is 11.7. The highest BCUT2D eigenvalue weighted by Crippen LogP contribution is 2.11. The zero-order valence-corrected chi connectivity index (χ0v) is 11.2. The van der Waals surface area contributed by atoms with Crippen LogP contribution in [0.15, 0.2) is 47.1 Å². The van der Waals surface area contributed by atoms with Crippen molar-refractivity contribution in [1.29, 1.82) is 0 Å². The van der Waals surface area contributed by atoms with E-state index in [4.69, 9.17) is 4.42 Å². The van der Waals surface area contributed by atoms with Gasteiger partial charge in [-0.05, 0) is 36.8 Å². The van der Waals surface area contributed by atoms with Crippen LogP contribution in [0.2, 0.25) is 0 Å². The van der Waals surface area contributed by atoms with E-state index in [0.29, 0.717) is 6.54 Å². The normalized spacial score (nSPS) is 12.1. The SMILES string of the molecule is C[C@@H](NCC(=O)NCc1ccc(F)cc1)c1ccco1. The third-order valence-electron chi connectivity index (χ3n) is 2.94. The Balaban J connectivity index is 1.71. The van der Waals surface area contributed by atoms with Crippen molar-refractivity contribution in [3.8, 4) is 0 Å². The summed E-state index contributed by atoms with van der Waals surface area (Å²) in [5, 5.41) is 5.83. The zero-order chi connectivity index (χ0) is 14.4. The number of carbonyl (C=O) groups is 1. The minimum Gasteiger partial charge on any atom is -0.468 e. The Hall–Kier alpha value is -2.14. The van der Waals surface area contributed by atoms with Gasteiger partial charge in [0.25, 0.3) is 0 Å². The van der Waals surface area contributed by atoms with Crippen molar-refractivity contribution < 1.29 is 13.6 Å². The molecule has 0 fully saturated rings. The largest absolute Gasteiger partial charge is 0.468 e. The van der Waals surface area contributed by atoms with Gasteiger partial charge in [-0.25, -0.2) is 4.39 Å². The van der Waals surface area contributed by atoms with E-state index in [1.54, 1.807) is 18.4 Å². The van der Waals surface area contributed by atoms with Crippen LogP contribution >= 0.6 is 0 Å². The first-order valence-corrected chi connectivity index (χ1v) is 6.43. The van der Waals surface area contributed by atoms with E-state index in [9.17, 15) is 9.18 Å². The summed E-state index contributed by atoms with van der Waals surface area (Å²) in [7, 11) is 0. The number of benzene rings is 1. The van der Waals surface area contributed by atoms with Gasteiger partial charge >= 0.3 is 0 Å². The second kappa shape index (κ2) is 6.86. The molecule has 2 N–H and O–H groups in total. The molecule has 5 heteroatoms. The molecule has 4 nitrogen and oxygen atoms in total. The molecule has 0 aliphatic heterocycles. The molecule has 0 bridgehead atoms. The zero-order valence-electron chi connectivity index (χ0n) is 11.2. The summed E-state index contributed by atoms with van der Waals surface area (Å²) in [5.41, 5.74) is 0.860. The first kappa shape index (κ1) is 14.3. The standard InChI is InChI=1S/C15H17FN2O2/c1-11(14-3-2-8-20-14)17-10-15(19)18-9-12-4-6-13(16)7-5-12/h2-8,11,17H,9-10H2,1H3,(H,18,19)/t11-/m1/s1.